The number of carbonyl (C=O) groups is 1. The van der Waals surface area contributed by atoms with Crippen LogP contribution in [-0.2, 0) is 17.9 Å². The molecule has 1 aromatic carbocycles. The fourth-order valence-corrected chi connectivity index (χ4v) is 3.56. The first-order valence-corrected chi connectivity index (χ1v) is 9.38. The molecule has 0 atom stereocenters. The van der Waals surface area contributed by atoms with Crippen molar-refractivity contribution in [3.05, 3.63) is 49.4 Å². The van der Waals surface area contributed by atoms with E-state index in [4.69, 9.17) is 16.3 Å². The van der Waals surface area contributed by atoms with E-state index in [-0.39, 0.29) is 18.6 Å². The number of hydrogen-bond acceptors (Lipinski definition) is 6. The lowest BCUT2D eigenvalue weighted by atomic mass is 10.3. The van der Waals surface area contributed by atoms with E-state index < -0.39 is 17.2 Å². The minimum absolute atomic E-state index is 0.182. The lowest BCUT2D eigenvalue weighted by molar-refractivity contribution is -0.116. The number of nitrogens with zero attached hydrogens (tertiary/aromatic N) is 3. The van der Waals surface area contributed by atoms with Gasteiger partial charge in [-0.3, -0.25) is 18.7 Å². The first-order chi connectivity index (χ1) is 13.0. The van der Waals surface area contributed by atoms with E-state index in [2.05, 4.69) is 9.69 Å². The van der Waals surface area contributed by atoms with Crippen LogP contribution >= 0.6 is 23.1 Å². The van der Waals surface area contributed by atoms with Gasteiger partial charge in [0.25, 0.3) is 5.56 Å². The Labute approximate surface area is 163 Å². The molecule has 0 aliphatic heterocycles. The minimum atomic E-state index is -0.539. The number of rotatable bonds is 6. The van der Waals surface area contributed by atoms with E-state index >= 15 is 0 Å². The number of carbonyl (C=O) groups excluding carboxylic acids is 1. The highest BCUT2D eigenvalue weighted by atomic mass is 35.5. The van der Waals surface area contributed by atoms with Gasteiger partial charge in [-0.25, -0.2) is 4.79 Å². The molecule has 10 heteroatoms. The smallest absolute Gasteiger partial charge is 0.332 e. The second-order valence-corrected chi connectivity index (χ2v) is 6.83. The molecular formula is C17H17ClN4O4S. The van der Waals surface area contributed by atoms with Gasteiger partial charge in [-0.2, -0.15) is 4.37 Å². The summed E-state index contributed by atoms with van der Waals surface area (Å²) in [5, 5.41) is 4.71. The first kappa shape index (κ1) is 19.1. The van der Waals surface area contributed by atoms with E-state index in [9.17, 15) is 14.4 Å². The van der Waals surface area contributed by atoms with Crippen molar-refractivity contribution >= 4 is 45.8 Å². The molecular weight excluding hydrogens is 392 g/mol. The molecule has 142 valence electrons. The highest BCUT2D eigenvalue weighted by molar-refractivity contribution is 7.04. The summed E-state index contributed by atoms with van der Waals surface area (Å²) in [6.45, 7) is 1.85. The van der Waals surface area contributed by atoms with Crippen LogP contribution in [0.15, 0.2) is 33.2 Å². The molecule has 3 aromatic rings. The summed E-state index contributed by atoms with van der Waals surface area (Å²) in [5.74, 6) is -0.00902. The summed E-state index contributed by atoms with van der Waals surface area (Å²) >= 11 is 7.04. The maximum Gasteiger partial charge on any atom is 0.332 e. The van der Waals surface area contributed by atoms with E-state index in [1.54, 1.807) is 23.6 Å². The van der Waals surface area contributed by atoms with Gasteiger partial charge in [-0.1, -0.05) is 18.5 Å². The zero-order chi connectivity index (χ0) is 19.6. The number of ether oxygens (including phenoxy) is 1. The normalized spacial score (nSPS) is 10.9. The fraction of sp³-hybridized carbons (Fsp3) is 0.294. The number of fused-ring (bicyclic) bond motifs is 1. The van der Waals surface area contributed by atoms with Crippen LogP contribution in [0, 0.1) is 0 Å². The van der Waals surface area contributed by atoms with Crippen LogP contribution in [0.25, 0.3) is 11.0 Å². The van der Waals surface area contributed by atoms with Crippen molar-refractivity contribution in [1.29, 1.82) is 0 Å². The molecule has 1 N–H and O–H groups in total. The van der Waals surface area contributed by atoms with Crippen molar-refractivity contribution in [2.24, 2.45) is 0 Å². The van der Waals surface area contributed by atoms with Crippen molar-refractivity contribution < 1.29 is 9.53 Å². The van der Waals surface area contributed by atoms with Gasteiger partial charge in [-0.15, -0.1) is 0 Å². The van der Waals surface area contributed by atoms with Crippen molar-refractivity contribution in [2.45, 2.75) is 26.4 Å². The number of methoxy groups -OCH3 is 1. The Bertz CT molecular complexity index is 1120. The van der Waals surface area contributed by atoms with Crippen molar-refractivity contribution in [3.63, 3.8) is 0 Å². The summed E-state index contributed by atoms with van der Waals surface area (Å²) in [4.78, 5) is 37.7. The van der Waals surface area contributed by atoms with Crippen LogP contribution in [0.1, 0.15) is 13.3 Å². The molecule has 0 bridgehead atoms. The second kappa shape index (κ2) is 7.93. The average molecular weight is 409 g/mol. The van der Waals surface area contributed by atoms with Crippen LogP contribution in [0.4, 0.5) is 5.69 Å². The van der Waals surface area contributed by atoms with Gasteiger partial charge < -0.3 is 10.1 Å². The Balaban J connectivity index is 1.98. The summed E-state index contributed by atoms with van der Waals surface area (Å²) in [6.07, 6.45) is 0.608. The number of halogens is 1. The number of amides is 1. The van der Waals surface area contributed by atoms with E-state index in [1.807, 2.05) is 6.92 Å². The number of nitrogens with one attached hydrogen (secondary N) is 1. The van der Waals surface area contributed by atoms with Gasteiger partial charge >= 0.3 is 5.69 Å². The van der Waals surface area contributed by atoms with Gasteiger partial charge in [0.1, 0.15) is 12.3 Å². The molecule has 0 saturated carbocycles. The van der Waals surface area contributed by atoms with Crippen molar-refractivity contribution in [2.75, 3.05) is 12.4 Å². The third kappa shape index (κ3) is 3.74. The number of hydrogen-bond donors (Lipinski definition) is 1. The predicted octanol–water partition coefficient (Wildman–Crippen LogP) is 2.33. The van der Waals surface area contributed by atoms with Crippen LogP contribution in [-0.4, -0.2) is 26.5 Å². The average Bonchev–Trinajstić information content (AvgIpc) is 3.12. The molecule has 2 aromatic heterocycles. The van der Waals surface area contributed by atoms with Gasteiger partial charge in [0.15, 0.2) is 5.52 Å². The predicted molar refractivity (Wildman–Crippen MR) is 105 cm³/mol. The van der Waals surface area contributed by atoms with Crippen LogP contribution < -0.4 is 21.3 Å². The maximum atomic E-state index is 12.7. The zero-order valence-electron chi connectivity index (χ0n) is 14.7. The Morgan fingerprint density at radius 1 is 1.33 bits per heavy atom. The van der Waals surface area contributed by atoms with Gasteiger partial charge in [0, 0.05) is 16.9 Å². The molecule has 0 aliphatic rings. The first-order valence-electron chi connectivity index (χ1n) is 8.17. The Kier molecular flexibility index (Phi) is 5.62. The Morgan fingerprint density at radius 3 is 2.81 bits per heavy atom. The van der Waals surface area contributed by atoms with Crippen molar-refractivity contribution in [3.8, 4) is 5.75 Å². The van der Waals surface area contributed by atoms with E-state index in [0.29, 0.717) is 28.4 Å². The maximum absolute atomic E-state index is 12.7. The van der Waals surface area contributed by atoms with E-state index in [0.717, 1.165) is 16.1 Å². The molecule has 3 rings (SSSR count). The molecule has 0 fully saturated rings. The van der Waals surface area contributed by atoms with Gasteiger partial charge in [-0.05, 0) is 36.2 Å². The van der Waals surface area contributed by atoms with Crippen molar-refractivity contribution in [1.82, 2.24) is 13.5 Å². The van der Waals surface area contributed by atoms with Crippen LogP contribution in [0.5, 0.6) is 5.75 Å². The highest BCUT2D eigenvalue weighted by Gasteiger charge is 2.17. The highest BCUT2D eigenvalue weighted by Crippen LogP contribution is 2.27. The molecule has 8 nitrogen and oxygen atoms in total. The van der Waals surface area contributed by atoms with Crippen LogP contribution in [0.3, 0.4) is 0 Å². The molecule has 2 heterocycles. The summed E-state index contributed by atoms with van der Waals surface area (Å²) < 4.78 is 11.6. The monoisotopic (exact) mass is 408 g/mol. The molecule has 0 saturated heterocycles. The summed E-state index contributed by atoms with van der Waals surface area (Å²) in [5.41, 5.74) is -0.0598. The lowest BCUT2D eigenvalue weighted by Crippen LogP contribution is -2.41. The molecule has 0 aliphatic carbocycles. The summed E-state index contributed by atoms with van der Waals surface area (Å²) in [6, 6.07) is 4.83. The van der Waals surface area contributed by atoms with Gasteiger partial charge in [0.2, 0.25) is 5.91 Å². The van der Waals surface area contributed by atoms with E-state index in [1.165, 1.54) is 11.7 Å². The number of aromatic nitrogens is 3. The standard InChI is InChI=1S/C17H17ClN4O4S/c1-3-6-21-16(24)15-12(9-27-20-15)22(17(21)25)8-14(23)19-11-7-10(18)4-5-13(11)26-2/h4-5,7,9H,3,6,8H2,1-2H3,(H,19,23). The number of benzene rings is 1. The second-order valence-electron chi connectivity index (χ2n) is 5.77. The fourth-order valence-electron chi connectivity index (χ4n) is 2.72. The SMILES string of the molecule is CCCn1c(=O)c2nscc2n(CC(=O)Nc2cc(Cl)ccc2OC)c1=O. The topological polar surface area (TPSA) is 95.2 Å². The van der Waals surface area contributed by atoms with Crippen LogP contribution in [0.2, 0.25) is 5.02 Å². The lowest BCUT2D eigenvalue weighted by Gasteiger charge is -2.13. The largest absolute Gasteiger partial charge is 0.495 e. The minimum Gasteiger partial charge on any atom is -0.495 e. The molecule has 27 heavy (non-hydrogen) atoms. The Morgan fingerprint density at radius 2 is 2.11 bits per heavy atom. The Hall–Kier alpha value is -2.65. The number of anilines is 1. The molecule has 0 unspecified atom stereocenters. The zero-order valence-corrected chi connectivity index (χ0v) is 16.3. The van der Waals surface area contributed by atoms with Gasteiger partial charge in [0.05, 0.1) is 18.3 Å². The third-order valence-corrected chi connectivity index (χ3v) is 4.79. The molecule has 1 amide bonds. The quantitative estimate of drug-likeness (QED) is 0.675. The molecule has 0 spiro atoms. The third-order valence-electron chi connectivity index (χ3n) is 3.94. The molecule has 0 radical (unpaired) electrons. The summed E-state index contributed by atoms with van der Waals surface area (Å²) in [7, 11) is 1.48.